The predicted octanol–water partition coefficient (Wildman–Crippen LogP) is 2.11. The second-order valence-electron chi connectivity index (χ2n) is 3.65. The maximum absolute atomic E-state index is 4.54. The van der Waals surface area contributed by atoms with E-state index in [9.17, 15) is 0 Å². The molecule has 0 spiro atoms. The van der Waals surface area contributed by atoms with Crippen LogP contribution in [0.15, 0.2) is 18.2 Å². The molecule has 1 aromatic heterocycles. The highest BCUT2D eigenvalue weighted by Crippen LogP contribution is 2.30. The topological polar surface area (TPSA) is 28.2 Å². The minimum atomic E-state index is 0.736. The Morgan fingerprint density at radius 2 is 2.29 bits per heavy atom. The summed E-state index contributed by atoms with van der Waals surface area (Å²) in [5, 5.41) is 3.07. The van der Waals surface area contributed by atoms with Crippen molar-refractivity contribution >= 4 is 11.6 Å². The SMILES string of the molecule is CCN(c1cccc(NC)n1)C1CC1. The van der Waals surface area contributed by atoms with Gasteiger partial charge in [0.2, 0.25) is 0 Å². The van der Waals surface area contributed by atoms with Gasteiger partial charge in [-0.05, 0) is 31.9 Å². The molecule has 1 saturated carbocycles. The van der Waals surface area contributed by atoms with Crippen LogP contribution in [0.4, 0.5) is 11.6 Å². The molecular weight excluding hydrogens is 174 g/mol. The fourth-order valence-corrected chi connectivity index (χ4v) is 1.72. The van der Waals surface area contributed by atoms with Gasteiger partial charge in [0, 0.05) is 19.6 Å². The largest absolute Gasteiger partial charge is 0.373 e. The summed E-state index contributed by atoms with van der Waals surface area (Å²) < 4.78 is 0. The zero-order valence-electron chi connectivity index (χ0n) is 8.83. The first kappa shape index (κ1) is 9.31. The van der Waals surface area contributed by atoms with E-state index in [1.165, 1.54) is 12.8 Å². The third-order valence-electron chi connectivity index (χ3n) is 2.61. The van der Waals surface area contributed by atoms with Gasteiger partial charge in [-0.3, -0.25) is 0 Å². The number of anilines is 2. The van der Waals surface area contributed by atoms with Gasteiger partial charge < -0.3 is 10.2 Å². The average molecular weight is 191 g/mol. The standard InChI is InChI=1S/C11H17N3/c1-3-14(9-7-8-9)11-6-4-5-10(12-2)13-11/h4-6,9H,3,7-8H2,1-2H3,(H,12,13). The molecule has 0 saturated heterocycles. The summed E-state index contributed by atoms with van der Waals surface area (Å²) in [4.78, 5) is 6.91. The van der Waals surface area contributed by atoms with Gasteiger partial charge in [0.25, 0.3) is 0 Å². The molecule has 3 heteroatoms. The predicted molar refractivity (Wildman–Crippen MR) is 59.8 cm³/mol. The smallest absolute Gasteiger partial charge is 0.131 e. The van der Waals surface area contributed by atoms with Crippen LogP contribution in [-0.4, -0.2) is 24.6 Å². The van der Waals surface area contributed by atoms with E-state index < -0.39 is 0 Å². The van der Waals surface area contributed by atoms with Crippen molar-refractivity contribution in [2.75, 3.05) is 23.8 Å². The molecule has 76 valence electrons. The van der Waals surface area contributed by atoms with E-state index in [0.717, 1.165) is 24.2 Å². The van der Waals surface area contributed by atoms with Crippen molar-refractivity contribution in [1.29, 1.82) is 0 Å². The number of hydrogen-bond acceptors (Lipinski definition) is 3. The van der Waals surface area contributed by atoms with Crippen LogP contribution in [-0.2, 0) is 0 Å². The normalized spacial score (nSPS) is 15.3. The lowest BCUT2D eigenvalue weighted by atomic mass is 10.4. The van der Waals surface area contributed by atoms with Crippen LogP contribution < -0.4 is 10.2 Å². The molecule has 0 unspecified atom stereocenters. The first-order valence-corrected chi connectivity index (χ1v) is 5.26. The molecule has 2 rings (SSSR count). The molecule has 14 heavy (non-hydrogen) atoms. The van der Waals surface area contributed by atoms with Gasteiger partial charge in [0.05, 0.1) is 0 Å². The first-order chi connectivity index (χ1) is 6.85. The Morgan fingerprint density at radius 1 is 1.50 bits per heavy atom. The second kappa shape index (κ2) is 3.86. The van der Waals surface area contributed by atoms with Crippen LogP contribution in [0.1, 0.15) is 19.8 Å². The van der Waals surface area contributed by atoms with E-state index in [0.29, 0.717) is 0 Å². The Morgan fingerprint density at radius 3 is 2.86 bits per heavy atom. The summed E-state index contributed by atoms with van der Waals surface area (Å²) in [6, 6.07) is 6.87. The van der Waals surface area contributed by atoms with Gasteiger partial charge in [0.15, 0.2) is 0 Å². The van der Waals surface area contributed by atoms with Gasteiger partial charge in [-0.2, -0.15) is 0 Å². The van der Waals surface area contributed by atoms with Gasteiger partial charge in [-0.15, -0.1) is 0 Å². The molecular formula is C11H17N3. The molecule has 0 atom stereocenters. The van der Waals surface area contributed by atoms with E-state index in [4.69, 9.17) is 0 Å². The third-order valence-corrected chi connectivity index (χ3v) is 2.61. The molecule has 1 aliphatic carbocycles. The quantitative estimate of drug-likeness (QED) is 0.790. The highest BCUT2D eigenvalue weighted by atomic mass is 15.2. The summed E-state index contributed by atoms with van der Waals surface area (Å²) in [6.07, 6.45) is 2.64. The van der Waals surface area contributed by atoms with E-state index in [1.807, 2.05) is 13.1 Å². The fourth-order valence-electron chi connectivity index (χ4n) is 1.72. The number of pyridine rings is 1. The van der Waals surface area contributed by atoms with Crippen LogP contribution in [0.3, 0.4) is 0 Å². The molecule has 0 aliphatic heterocycles. The van der Waals surface area contributed by atoms with Gasteiger partial charge in [-0.25, -0.2) is 4.98 Å². The Kier molecular flexibility index (Phi) is 2.57. The fraction of sp³-hybridized carbons (Fsp3) is 0.545. The maximum Gasteiger partial charge on any atom is 0.131 e. The van der Waals surface area contributed by atoms with Crippen LogP contribution in [0.5, 0.6) is 0 Å². The Bertz CT molecular complexity index is 307. The number of rotatable bonds is 4. The number of hydrogen-bond donors (Lipinski definition) is 1. The summed E-state index contributed by atoms with van der Waals surface area (Å²) in [7, 11) is 1.90. The molecule has 0 bridgehead atoms. The van der Waals surface area contributed by atoms with E-state index in [-0.39, 0.29) is 0 Å². The third kappa shape index (κ3) is 1.81. The van der Waals surface area contributed by atoms with Gasteiger partial charge in [0.1, 0.15) is 11.6 Å². The highest BCUT2D eigenvalue weighted by molar-refractivity contribution is 5.48. The summed E-state index contributed by atoms with van der Waals surface area (Å²) in [5.74, 6) is 2.04. The summed E-state index contributed by atoms with van der Waals surface area (Å²) in [5.41, 5.74) is 0. The molecule has 0 radical (unpaired) electrons. The lowest BCUT2D eigenvalue weighted by molar-refractivity contribution is 0.809. The van der Waals surface area contributed by atoms with Crippen molar-refractivity contribution in [2.45, 2.75) is 25.8 Å². The Labute approximate surface area is 85.1 Å². The van der Waals surface area contributed by atoms with Crippen molar-refractivity contribution in [3.63, 3.8) is 0 Å². The highest BCUT2D eigenvalue weighted by Gasteiger charge is 2.28. The summed E-state index contributed by atoms with van der Waals surface area (Å²) in [6.45, 7) is 3.23. The second-order valence-corrected chi connectivity index (χ2v) is 3.65. The first-order valence-electron chi connectivity index (χ1n) is 5.26. The lowest BCUT2D eigenvalue weighted by Gasteiger charge is -2.21. The van der Waals surface area contributed by atoms with Crippen LogP contribution >= 0.6 is 0 Å². The monoisotopic (exact) mass is 191 g/mol. The molecule has 1 aromatic rings. The molecule has 1 N–H and O–H groups in total. The zero-order chi connectivity index (χ0) is 9.97. The molecule has 1 fully saturated rings. The molecule has 1 heterocycles. The zero-order valence-corrected chi connectivity index (χ0v) is 8.83. The van der Waals surface area contributed by atoms with Crippen LogP contribution in [0, 0.1) is 0 Å². The van der Waals surface area contributed by atoms with E-state index in [2.05, 4.69) is 34.3 Å². The van der Waals surface area contributed by atoms with Crippen molar-refractivity contribution in [2.24, 2.45) is 0 Å². The van der Waals surface area contributed by atoms with E-state index in [1.54, 1.807) is 0 Å². The van der Waals surface area contributed by atoms with Crippen molar-refractivity contribution in [3.8, 4) is 0 Å². The molecule has 1 aliphatic rings. The van der Waals surface area contributed by atoms with Crippen molar-refractivity contribution < 1.29 is 0 Å². The maximum atomic E-state index is 4.54. The van der Waals surface area contributed by atoms with Crippen LogP contribution in [0.25, 0.3) is 0 Å². The minimum Gasteiger partial charge on any atom is -0.373 e. The molecule has 0 aromatic carbocycles. The van der Waals surface area contributed by atoms with Gasteiger partial charge >= 0.3 is 0 Å². The summed E-state index contributed by atoms with van der Waals surface area (Å²) >= 11 is 0. The number of nitrogens with zero attached hydrogens (tertiary/aromatic N) is 2. The molecule has 3 nitrogen and oxygen atoms in total. The lowest BCUT2D eigenvalue weighted by Crippen LogP contribution is -2.26. The number of nitrogens with one attached hydrogen (secondary N) is 1. The van der Waals surface area contributed by atoms with Crippen LogP contribution in [0.2, 0.25) is 0 Å². The van der Waals surface area contributed by atoms with Crippen molar-refractivity contribution in [3.05, 3.63) is 18.2 Å². The number of aromatic nitrogens is 1. The average Bonchev–Trinajstić information content (AvgIpc) is 3.04. The Balaban J connectivity index is 2.20. The van der Waals surface area contributed by atoms with E-state index >= 15 is 0 Å². The van der Waals surface area contributed by atoms with Gasteiger partial charge in [-0.1, -0.05) is 6.07 Å². The molecule has 0 amide bonds. The Hall–Kier alpha value is -1.25. The van der Waals surface area contributed by atoms with Crippen molar-refractivity contribution in [1.82, 2.24) is 4.98 Å². The minimum absolute atomic E-state index is 0.736.